The first-order valence-electron chi connectivity index (χ1n) is 11.9. The van der Waals surface area contributed by atoms with E-state index in [2.05, 4.69) is 85.4 Å². The van der Waals surface area contributed by atoms with E-state index < -0.39 is 5.89 Å². The second kappa shape index (κ2) is 7.23. The zero-order valence-electron chi connectivity index (χ0n) is 19.2. The molecule has 5 aromatic rings. The first-order valence-corrected chi connectivity index (χ1v) is 11.4. The zero-order chi connectivity index (χ0) is 21.9. The summed E-state index contributed by atoms with van der Waals surface area (Å²) < 4.78 is 17.7. The molecular formula is C29H28NO+. The molecule has 2 heteroatoms. The maximum atomic E-state index is 9.02. The highest BCUT2D eigenvalue weighted by Crippen LogP contribution is 2.39. The van der Waals surface area contributed by atoms with Gasteiger partial charge < -0.3 is 4.42 Å². The van der Waals surface area contributed by atoms with Gasteiger partial charge in [0.05, 0.1) is 5.56 Å². The molecule has 0 spiro atoms. The number of benzene rings is 3. The average molecular weight is 408 g/mol. The first-order chi connectivity index (χ1) is 15.5. The molecule has 2 aromatic heterocycles. The van der Waals surface area contributed by atoms with E-state index in [9.17, 15) is 0 Å². The van der Waals surface area contributed by atoms with Gasteiger partial charge >= 0.3 is 0 Å². The Kier molecular flexibility index (Phi) is 4.09. The lowest BCUT2D eigenvalue weighted by Crippen LogP contribution is -2.32. The fourth-order valence-corrected chi connectivity index (χ4v) is 5.29. The Bertz CT molecular complexity index is 1490. The Morgan fingerprint density at radius 2 is 1.68 bits per heavy atom. The van der Waals surface area contributed by atoms with Crippen LogP contribution in [0.25, 0.3) is 44.0 Å². The van der Waals surface area contributed by atoms with Crippen molar-refractivity contribution in [3.8, 4) is 11.3 Å². The van der Waals surface area contributed by atoms with Crippen molar-refractivity contribution in [1.82, 2.24) is 0 Å². The van der Waals surface area contributed by atoms with Crippen LogP contribution in [0.4, 0.5) is 0 Å². The summed E-state index contributed by atoms with van der Waals surface area (Å²) in [7, 11) is 2.10. The van der Waals surface area contributed by atoms with E-state index in [4.69, 9.17) is 5.79 Å². The number of aryl methyl sites for hydroxylation is 2. The molecule has 0 saturated heterocycles. The van der Waals surface area contributed by atoms with Crippen LogP contribution in [0.1, 0.15) is 50.5 Å². The van der Waals surface area contributed by atoms with Crippen LogP contribution in [0.15, 0.2) is 71.3 Å². The molecule has 2 heterocycles. The molecule has 3 aromatic carbocycles. The number of hydrogen-bond donors (Lipinski definition) is 0. The lowest BCUT2D eigenvalue weighted by Gasteiger charge is -2.21. The Balaban J connectivity index is 1.55. The number of fused-ring (bicyclic) bond motifs is 4. The highest BCUT2D eigenvalue weighted by atomic mass is 16.3. The van der Waals surface area contributed by atoms with Crippen LogP contribution < -0.4 is 4.57 Å². The molecule has 31 heavy (non-hydrogen) atoms. The molecule has 0 bridgehead atoms. The van der Waals surface area contributed by atoms with Crippen LogP contribution in [-0.2, 0) is 7.05 Å². The summed E-state index contributed by atoms with van der Waals surface area (Å²) in [4.78, 5) is 0. The smallest absolute Gasteiger partial charge is 0.216 e. The zero-order valence-corrected chi connectivity index (χ0v) is 18.2. The molecule has 0 aliphatic heterocycles. The van der Waals surface area contributed by atoms with Crippen LogP contribution >= 0.6 is 0 Å². The fourth-order valence-electron chi connectivity index (χ4n) is 5.29. The van der Waals surface area contributed by atoms with Gasteiger partial charge in [-0.15, -0.1) is 0 Å². The van der Waals surface area contributed by atoms with Gasteiger partial charge in [-0.3, -0.25) is 0 Å². The molecule has 6 rings (SSSR count). The maximum absolute atomic E-state index is 9.02. The van der Waals surface area contributed by atoms with Gasteiger partial charge in [0, 0.05) is 23.8 Å². The molecule has 154 valence electrons. The van der Waals surface area contributed by atoms with E-state index in [1.165, 1.54) is 22.8 Å². The third-order valence-electron chi connectivity index (χ3n) is 6.97. The van der Waals surface area contributed by atoms with Crippen LogP contribution in [-0.4, -0.2) is 0 Å². The number of hydrogen-bond acceptors (Lipinski definition) is 1. The summed E-state index contributed by atoms with van der Waals surface area (Å²) in [5.74, 6) is -0.449. The molecule has 1 aliphatic carbocycles. The summed E-state index contributed by atoms with van der Waals surface area (Å²) in [5, 5.41) is 4.74. The van der Waals surface area contributed by atoms with Crippen molar-refractivity contribution < 1.29 is 10.4 Å². The molecule has 0 N–H and O–H groups in total. The molecule has 1 saturated carbocycles. The Morgan fingerprint density at radius 1 is 0.903 bits per heavy atom. The van der Waals surface area contributed by atoms with Crippen molar-refractivity contribution in [3.63, 3.8) is 0 Å². The molecule has 0 amide bonds. The lowest BCUT2D eigenvalue weighted by atomic mass is 9.84. The van der Waals surface area contributed by atoms with E-state index in [-0.39, 0.29) is 0 Å². The van der Waals surface area contributed by atoms with E-state index >= 15 is 0 Å². The van der Waals surface area contributed by atoms with Crippen LogP contribution in [0.2, 0.25) is 0 Å². The minimum absolute atomic E-state index is 0.449. The van der Waals surface area contributed by atoms with Crippen molar-refractivity contribution in [2.45, 2.75) is 44.9 Å². The maximum Gasteiger partial charge on any atom is 0.216 e. The van der Waals surface area contributed by atoms with Crippen molar-refractivity contribution in [2.24, 2.45) is 7.05 Å². The van der Waals surface area contributed by atoms with Gasteiger partial charge in [0.25, 0.3) is 0 Å². The monoisotopic (exact) mass is 407 g/mol. The summed E-state index contributed by atoms with van der Waals surface area (Å²) >= 11 is 0. The number of aromatic nitrogens is 1. The lowest BCUT2D eigenvalue weighted by molar-refractivity contribution is -0.660. The van der Waals surface area contributed by atoms with E-state index in [0.717, 1.165) is 64.4 Å². The van der Waals surface area contributed by atoms with Crippen LogP contribution in [0.5, 0.6) is 0 Å². The van der Waals surface area contributed by atoms with Gasteiger partial charge in [-0.05, 0) is 60.2 Å². The van der Waals surface area contributed by atoms with E-state index in [1.807, 2.05) is 0 Å². The van der Waals surface area contributed by atoms with Crippen LogP contribution in [0, 0.1) is 6.92 Å². The quantitative estimate of drug-likeness (QED) is 0.276. The summed E-state index contributed by atoms with van der Waals surface area (Å²) in [6.07, 6.45) is 7.65. The molecule has 0 radical (unpaired) electrons. The van der Waals surface area contributed by atoms with E-state index in [1.54, 1.807) is 0 Å². The van der Waals surface area contributed by atoms with Crippen molar-refractivity contribution in [1.29, 1.82) is 0 Å². The third kappa shape index (κ3) is 3.05. The van der Waals surface area contributed by atoms with Gasteiger partial charge in [-0.1, -0.05) is 55.7 Å². The van der Waals surface area contributed by atoms with Crippen molar-refractivity contribution in [2.75, 3.05) is 0 Å². The summed E-state index contributed by atoms with van der Waals surface area (Å²) in [5.41, 5.74) is 6.46. The van der Waals surface area contributed by atoms with Crippen molar-refractivity contribution in [3.05, 3.63) is 78.0 Å². The van der Waals surface area contributed by atoms with Gasteiger partial charge in [0.1, 0.15) is 18.2 Å². The molecule has 1 aliphatic rings. The largest absolute Gasteiger partial charge is 0.455 e. The number of rotatable bonds is 2. The predicted octanol–water partition coefficient (Wildman–Crippen LogP) is 7.59. The van der Waals surface area contributed by atoms with Gasteiger partial charge in [0.15, 0.2) is 6.20 Å². The number of furan rings is 1. The Labute approximate surface area is 184 Å². The number of pyridine rings is 1. The SMILES string of the molecule is [2H]C1(c2ccc(-c3c(C)ccc4c3oc3cc5ccccc5cc34)[n+](C)c2)CCCCC1. The molecular weight excluding hydrogens is 378 g/mol. The van der Waals surface area contributed by atoms with Crippen molar-refractivity contribution >= 4 is 32.7 Å². The topological polar surface area (TPSA) is 17.0 Å². The number of nitrogens with zero attached hydrogens (tertiary/aromatic N) is 1. The van der Waals surface area contributed by atoms with Gasteiger partial charge in [-0.2, -0.15) is 0 Å². The Morgan fingerprint density at radius 3 is 2.45 bits per heavy atom. The minimum atomic E-state index is -0.449. The summed E-state index contributed by atoms with van der Waals surface area (Å²) in [6.45, 7) is 2.15. The standard InChI is InChI=1S/C29H28NO/c1-19-12-14-24-25-16-21-10-6-7-11-22(21)17-27(25)31-29(24)28(19)26-15-13-23(18-30(26)2)20-8-4-3-5-9-20/h6-7,10-18,20H,3-5,8-9H2,1-2H3/q+1/i20D. The summed E-state index contributed by atoms with van der Waals surface area (Å²) in [6, 6.07) is 21.6. The molecule has 1 fully saturated rings. The van der Waals surface area contributed by atoms with Gasteiger partial charge in [0.2, 0.25) is 5.69 Å². The molecule has 2 nitrogen and oxygen atoms in total. The average Bonchev–Trinajstić information content (AvgIpc) is 3.15. The predicted molar refractivity (Wildman–Crippen MR) is 128 cm³/mol. The second-order valence-corrected chi connectivity index (χ2v) is 9.01. The second-order valence-electron chi connectivity index (χ2n) is 9.01. The third-order valence-corrected chi connectivity index (χ3v) is 6.97. The normalized spacial score (nSPS) is 16.8. The minimum Gasteiger partial charge on any atom is -0.455 e. The van der Waals surface area contributed by atoms with Gasteiger partial charge in [-0.25, -0.2) is 4.57 Å². The first kappa shape index (κ1) is 17.5. The highest BCUT2D eigenvalue weighted by molar-refractivity contribution is 6.13. The molecule has 0 unspecified atom stereocenters. The van der Waals surface area contributed by atoms with E-state index in [0.29, 0.717) is 0 Å². The fraction of sp³-hybridized carbons (Fsp3) is 0.276. The molecule has 0 atom stereocenters. The highest BCUT2D eigenvalue weighted by Gasteiger charge is 2.23. The Hall–Kier alpha value is -3.13. The van der Waals surface area contributed by atoms with Crippen LogP contribution in [0.3, 0.4) is 0 Å².